The van der Waals surface area contributed by atoms with Gasteiger partial charge in [-0.25, -0.2) is 0 Å². The zero-order valence-corrected chi connectivity index (χ0v) is 10.1. The fraction of sp³-hybridized carbons (Fsp3) is 0.500. The maximum Gasteiger partial charge on any atom is 0.120 e. The number of halogens is 1. The van der Waals surface area contributed by atoms with Gasteiger partial charge in [-0.3, -0.25) is 0 Å². The summed E-state index contributed by atoms with van der Waals surface area (Å²) in [7, 11) is 2.10. The van der Waals surface area contributed by atoms with Crippen LogP contribution in [-0.4, -0.2) is 31.6 Å². The van der Waals surface area contributed by atoms with E-state index in [0.29, 0.717) is 6.61 Å². The Labute approximate surface area is 96.8 Å². The summed E-state index contributed by atoms with van der Waals surface area (Å²) < 4.78 is 5.58. The van der Waals surface area contributed by atoms with E-state index in [2.05, 4.69) is 18.9 Å². The molecule has 84 valence electrons. The van der Waals surface area contributed by atoms with E-state index in [0.717, 1.165) is 23.9 Å². The van der Waals surface area contributed by atoms with E-state index in [1.165, 1.54) is 6.42 Å². The van der Waals surface area contributed by atoms with Gasteiger partial charge in [0.2, 0.25) is 0 Å². The number of benzene rings is 1. The van der Waals surface area contributed by atoms with E-state index < -0.39 is 0 Å². The third-order valence-electron chi connectivity index (χ3n) is 2.14. The summed E-state index contributed by atoms with van der Waals surface area (Å²) in [5.41, 5.74) is 0. The summed E-state index contributed by atoms with van der Waals surface area (Å²) >= 11 is 5.85. The third-order valence-corrected chi connectivity index (χ3v) is 2.38. The minimum absolute atomic E-state index is 0.705. The summed E-state index contributed by atoms with van der Waals surface area (Å²) in [5.74, 6) is 0.840. The lowest BCUT2D eigenvalue weighted by Gasteiger charge is -2.15. The Morgan fingerprint density at radius 3 is 2.80 bits per heavy atom. The van der Waals surface area contributed by atoms with Crippen molar-refractivity contribution in [1.29, 1.82) is 0 Å². The summed E-state index contributed by atoms with van der Waals surface area (Å²) in [6, 6.07) is 7.50. The summed E-state index contributed by atoms with van der Waals surface area (Å²) in [6.07, 6.45) is 1.17. The van der Waals surface area contributed by atoms with Crippen LogP contribution in [0, 0.1) is 0 Å². The van der Waals surface area contributed by atoms with Crippen LogP contribution in [-0.2, 0) is 0 Å². The van der Waals surface area contributed by atoms with Gasteiger partial charge in [0.15, 0.2) is 0 Å². The largest absolute Gasteiger partial charge is 0.492 e. The quantitative estimate of drug-likeness (QED) is 0.741. The van der Waals surface area contributed by atoms with Crippen molar-refractivity contribution in [3.05, 3.63) is 29.3 Å². The van der Waals surface area contributed by atoms with E-state index in [-0.39, 0.29) is 0 Å². The Morgan fingerprint density at radius 1 is 1.33 bits per heavy atom. The molecule has 3 heteroatoms. The molecule has 0 atom stereocenters. The van der Waals surface area contributed by atoms with Gasteiger partial charge in [-0.2, -0.15) is 0 Å². The topological polar surface area (TPSA) is 12.5 Å². The Morgan fingerprint density at radius 2 is 2.13 bits per heavy atom. The van der Waals surface area contributed by atoms with Gasteiger partial charge < -0.3 is 9.64 Å². The first-order valence-electron chi connectivity index (χ1n) is 5.29. The average molecular weight is 228 g/mol. The molecule has 15 heavy (non-hydrogen) atoms. The highest BCUT2D eigenvalue weighted by Gasteiger charge is 1.98. The molecule has 0 aromatic heterocycles. The third kappa shape index (κ3) is 5.05. The van der Waals surface area contributed by atoms with Crippen molar-refractivity contribution in [2.24, 2.45) is 0 Å². The molecule has 0 aliphatic heterocycles. The minimum Gasteiger partial charge on any atom is -0.492 e. The Bertz CT molecular complexity index is 291. The first kappa shape index (κ1) is 12.3. The normalized spacial score (nSPS) is 10.7. The van der Waals surface area contributed by atoms with Crippen LogP contribution in [0.2, 0.25) is 5.02 Å². The van der Waals surface area contributed by atoms with Gasteiger partial charge in [0.25, 0.3) is 0 Å². The van der Waals surface area contributed by atoms with Crippen molar-refractivity contribution in [3.63, 3.8) is 0 Å². The predicted molar refractivity (Wildman–Crippen MR) is 64.7 cm³/mol. The second-order valence-corrected chi connectivity index (χ2v) is 4.05. The smallest absolute Gasteiger partial charge is 0.120 e. The minimum atomic E-state index is 0.705. The van der Waals surface area contributed by atoms with Gasteiger partial charge in [0.05, 0.1) is 0 Å². The molecule has 0 aliphatic carbocycles. The fourth-order valence-corrected chi connectivity index (χ4v) is 1.55. The maximum absolute atomic E-state index is 5.85. The van der Waals surface area contributed by atoms with Crippen LogP contribution in [0.1, 0.15) is 13.3 Å². The van der Waals surface area contributed by atoms with Crippen molar-refractivity contribution >= 4 is 11.6 Å². The van der Waals surface area contributed by atoms with Crippen LogP contribution in [0.5, 0.6) is 5.75 Å². The highest BCUT2D eigenvalue weighted by atomic mass is 35.5. The van der Waals surface area contributed by atoms with Gasteiger partial charge in [-0.1, -0.05) is 24.6 Å². The van der Waals surface area contributed by atoms with E-state index in [1.807, 2.05) is 24.3 Å². The molecule has 0 spiro atoms. The van der Waals surface area contributed by atoms with Crippen molar-refractivity contribution in [3.8, 4) is 5.75 Å². The van der Waals surface area contributed by atoms with Crippen molar-refractivity contribution < 1.29 is 4.74 Å². The molecule has 1 rings (SSSR count). The maximum atomic E-state index is 5.85. The number of rotatable bonds is 6. The van der Waals surface area contributed by atoms with Crippen LogP contribution in [0.15, 0.2) is 24.3 Å². The van der Waals surface area contributed by atoms with Crippen LogP contribution >= 0.6 is 11.6 Å². The summed E-state index contributed by atoms with van der Waals surface area (Å²) in [4.78, 5) is 2.25. The monoisotopic (exact) mass is 227 g/mol. The standard InChI is InChI=1S/C12H18ClNO/c1-3-7-14(2)8-9-15-12-6-4-5-11(13)10-12/h4-6,10H,3,7-9H2,1-2H3. The van der Waals surface area contributed by atoms with E-state index >= 15 is 0 Å². The van der Waals surface area contributed by atoms with Gasteiger partial charge in [-0.05, 0) is 38.2 Å². The fourth-order valence-electron chi connectivity index (χ4n) is 1.37. The van der Waals surface area contributed by atoms with Crippen molar-refractivity contribution in [2.45, 2.75) is 13.3 Å². The average Bonchev–Trinajstić information content (AvgIpc) is 2.18. The molecule has 1 aromatic rings. The highest BCUT2D eigenvalue weighted by Crippen LogP contribution is 2.16. The Balaban J connectivity index is 2.25. The SMILES string of the molecule is CCCN(C)CCOc1cccc(Cl)c1. The number of hydrogen-bond acceptors (Lipinski definition) is 2. The molecule has 0 bridgehead atoms. The van der Waals surface area contributed by atoms with Crippen LogP contribution in [0.3, 0.4) is 0 Å². The molecule has 2 nitrogen and oxygen atoms in total. The number of nitrogens with zero attached hydrogens (tertiary/aromatic N) is 1. The molecule has 0 amide bonds. The van der Waals surface area contributed by atoms with Crippen molar-refractivity contribution in [1.82, 2.24) is 4.90 Å². The molecule has 0 N–H and O–H groups in total. The van der Waals surface area contributed by atoms with Crippen LogP contribution in [0.4, 0.5) is 0 Å². The molecule has 0 saturated carbocycles. The molecule has 0 aliphatic rings. The van der Waals surface area contributed by atoms with Gasteiger partial charge in [-0.15, -0.1) is 0 Å². The molecular formula is C12H18ClNO. The lowest BCUT2D eigenvalue weighted by molar-refractivity contribution is 0.237. The second-order valence-electron chi connectivity index (χ2n) is 3.61. The lowest BCUT2D eigenvalue weighted by atomic mass is 10.3. The number of ether oxygens (including phenoxy) is 1. The molecule has 0 radical (unpaired) electrons. The van der Waals surface area contributed by atoms with Crippen molar-refractivity contribution in [2.75, 3.05) is 26.7 Å². The second kappa shape index (κ2) is 6.70. The molecular weight excluding hydrogens is 210 g/mol. The van der Waals surface area contributed by atoms with Crippen LogP contribution in [0.25, 0.3) is 0 Å². The first-order valence-corrected chi connectivity index (χ1v) is 5.67. The van der Waals surface area contributed by atoms with Crippen LogP contribution < -0.4 is 4.74 Å². The number of likely N-dealkylation sites (N-methyl/N-ethyl adjacent to an activating group) is 1. The molecule has 0 unspecified atom stereocenters. The lowest BCUT2D eigenvalue weighted by Crippen LogP contribution is -2.24. The molecule has 0 saturated heterocycles. The van der Waals surface area contributed by atoms with E-state index in [9.17, 15) is 0 Å². The predicted octanol–water partition coefficient (Wildman–Crippen LogP) is 3.06. The van der Waals surface area contributed by atoms with Gasteiger partial charge >= 0.3 is 0 Å². The van der Waals surface area contributed by atoms with E-state index in [1.54, 1.807) is 0 Å². The Hall–Kier alpha value is -0.730. The Kier molecular flexibility index (Phi) is 5.51. The zero-order chi connectivity index (χ0) is 11.1. The van der Waals surface area contributed by atoms with Gasteiger partial charge in [0.1, 0.15) is 12.4 Å². The number of hydrogen-bond donors (Lipinski definition) is 0. The molecule has 0 fully saturated rings. The summed E-state index contributed by atoms with van der Waals surface area (Å²) in [6.45, 7) is 4.93. The van der Waals surface area contributed by atoms with Gasteiger partial charge in [0, 0.05) is 11.6 Å². The molecule has 1 aromatic carbocycles. The zero-order valence-electron chi connectivity index (χ0n) is 9.37. The van der Waals surface area contributed by atoms with E-state index in [4.69, 9.17) is 16.3 Å². The summed E-state index contributed by atoms with van der Waals surface area (Å²) in [5, 5.41) is 0.717. The highest BCUT2D eigenvalue weighted by molar-refractivity contribution is 6.30. The molecule has 0 heterocycles. The first-order chi connectivity index (χ1) is 7.22.